The van der Waals surface area contributed by atoms with Gasteiger partial charge in [0, 0.05) is 17.7 Å². The summed E-state index contributed by atoms with van der Waals surface area (Å²) in [5.74, 6) is 1.64. The summed E-state index contributed by atoms with van der Waals surface area (Å²) in [4.78, 5) is 26.7. The van der Waals surface area contributed by atoms with Gasteiger partial charge in [-0.25, -0.2) is 29.3 Å². The maximum absolute atomic E-state index is 14.0. The zero-order valence-corrected chi connectivity index (χ0v) is 20.8. The number of aliphatic imine (C=N–C) groups is 1. The summed E-state index contributed by atoms with van der Waals surface area (Å²) in [5.41, 5.74) is 7.84. The fourth-order valence-corrected chi connectivity index (χ4v) is 6.13. The van der Waals surface area contributed by atoms with Crippen molar-refractivity contribution in [3.05, 3.63) is 54.6 Å². The number of methoxy groups -OCH3 is 1. The molecule has 190 valence electrons. The van der Waals surface area contributed by atoms with Crippen LogP contribution in [0.15, 0.2) is 52.6 Å². The van der Waals surface area contributed by atoms with Crippen molar-refractivity contribution < 1.29 is 18.3 Å². The maximum atomic E-state index is 14.0. The number of hydrogen-bond donors (Lipinski definition) is 2. The molecule has 11 nitrogen and oxygen atoms in total. The summed E-state index contributed by atoms with van der Waals surface area (Å²) in [6, 6.07) is 3.63. The number of nitrogens with one attached hydrogen (secondary N) is 1. The SMILES string of the molecule is COc1ncc(Nc2nccc3nc(OCc4ncco4)cnc23)cc1[C@]1(C)N=C(N)S[C@@]2(CF)C[C@H]21. The number of fused-ring (bicyclic) bond motifs is 2. The highest BCUT2D eigenvalue weighted by Crippen LogP contribution is 2.66. The van der Waals surface area contributed by atoms with Crippen LogP contribution < -0.4 is 20.5 Å². The van der Waals surface area contributed by atoms with Gasteiger partial charge in [0.25, 0.3) is 0 Å². The second-order valence-electron chi connectivity index (χ2n) is 9.01. The zero-order valence-electron chi connectivity index (χ0n) is 20.0. The van der Waals surface area contributed by atoms with E-state index in [4.69, 9.17) is 24.6 Å². The minimum Gasteiger partial charge on any atom is -0.481 e. The van der Waals surface area contributed by atoms with E-state index in [1.165, 1.54) is 24.2 Å². The van der Waals surface area contributed by atoms with E-state index in [0.29, 0.717) is 51.8 Å². The number of hydrogen-bond acceptors (Lipinski definition) is 12. The molecule has 0 spiro atoms. The average molecular weight is 523 g/mol. The van der Waals surface area contributed by atoms with Crippen molar-refractivity contribution in [2.75, 3.05) is 19.1 Å². The predicted molar refractivity (Wildman–Crippen MR) is 136 cm³/mol. The van der Waals surface area contributed by atoms with E-state index in [2.05, 4.69) is 30.2 Å². The first kappa shape index (κ1) is 23.4. The Morgan fingerprint density at radius 2 is 2.14 bits per heavy atom. The van der Waals surface area contributed by atoms with Crippen molar-refractivity contribution in [1.29, 1.82) is 0 Å². The minimum atomic E-state index is -0.779. The molecule has 6 rings (SSSR count). The topological polar surface area (TPSA) is 146 Å². The summed E-state index contributed by atoms with van der Waals surface area (Å²) in [6.45, 7) is 1.62. The fraction of sp³-hybridized carbons (Fsp3) is 0.333. The van der Waals surface area contributed by atoms with E-state index in [9.17, 15) is 4.39 Å². The lowest BCUT2D eigenvalue weighted by Crippen LogP contribution is -2.36. The van der Waals surface area contributed by atoms with Crippen LogP contribution >= 0.6 is 11.8 Å². The molecule has 4 aromatic rings. The molecule has 1 fully saturated rings. The van der Waals surface area contributed by atoms with Gasteiger partial charge >= 0.3 is 0 Å². The van der Waals surface area contributed by atoms with Gasteiger partial charge in [-0.05, 0) is 25.5 Å². The van der Waals surface area contributed by atoms with Crippen LogP contribution in [0.25, 0.3) is 11.0 Å². The standard InChI is InChI=1S/C24H23FN8O3S/c1-23(16-8-24(16,12-25)37-22(26)33-23)14-7-13(9-30-21(14)34-2)31-20-19-15(3-4-28-20)32-17(10-29-19)36-11-18-27-5-6-35-18/h3-7,9-10,16H,8,11-12H2,1-2H3,(H2,26,33)(H,28,31)/t16-,23-,24+/m0/s1. The second-order valence-corrected chi connectivity index (χ2v) is 10.4. The first-order valence-corrected chi connectivity index (χ1v) is 12.3. The molecule has 0 aromatic carbocycles. The monoisotopic (exact) mass is 522 g/mol. The van der Waals surface area contributed by atoms with Gasteiger partial charge < -0.3 is 24.9 Å². The number of alkyl halides is 1. The molecule has 3 atom stereocenters. The van der Waals surface area contributed by atoms with Crippen molar-refractivity contribution in [1.82, 2.24) is 24.9 Å². The number of nitrogens with zero attached hydrogens (tertiary/aromatic N) is 6. The Labute approximate surface area is 215 Å². The van der Waals surface area contributed by atoms with Crippen LogP contribution in [0.1, 0.15) is 24.8 Å². The molecule has 3 N–H and O–H groups in total. The number of nitrogens with two attached hydrogens (primary N) is 1. The van der Waals surface area contributed by atoms with Crippen LogP contribution in [-0.4, -0.2) is 48.6 Å². The molecular formula is C24H23FN8O3S. The van der Waals surface area contributed by atoms with Gasteiger partial charge in [-0.3, -0.25) is 4.99 Å². The molecule has 37 heavy (non-hydrogen) atoms. The number of rotatable bonds is 8. The highest BCUT2D eigenvalue weighted by Gasteiger charge is 2.67. The Hall–Kier alpha value is -4.00. The number of anilines is 2. The normalized spacial score (nSPS) is 24.3. The molecule has 1 aliphatic heterocycles. The Bertz CT molecular complexity index is 1500. The van der Waals surface area contributed by atoms with Crippen LogP contribution in [0.2, 0.25) is 0 Å². The van der Waals surface area contributed by atoms with Crippen LogP contribution in [0.3, 0.4) is 0 Å². The summed E-state index contributed by atoms with van der Waals surface area (Å²) >= 11 is 1.32. The van der Waals surface area contributed by atoms with Crippen molar-refractivity contribution in [3.8, 4) is 11.8 Å². The third-order valence-corrected chi connectivity index (χ3v) is 7.96. The molecule has 0 amide bonds. The van der Waals surface area contributed by atoms with E-state index in [-0.39, 0.29) is 12.5 Å². The van der Waals surface area contributed by atoms with Gasteiger partial charge in [0.15, 0.2) is 17.6 Å². The Kier molecular flexibility index (Phi) is 5.59. The molecule has 13 heteroatoms. The van der Waals surface area contributed by atoms with Gasteiger partial charge in [-0.2, -0.15) is 0 Å². The average Bonchev–Trinajstić information content (AvgIpc) is 3.41. The van der Waals surface area contributed by atoms with E-state index >= 15 is 0 Å². The smallest absolute Gasteiger partial charge is 0.233 e. The Morgan fingerprint density at radius 3 is 2.92 bits per heavy atom. The summed E-state index contributed by atoms with van der Waals surface area (Å²) in [6.07, 6.45) is 8.47. The van der Waals surface area contributed by atoms with E-state index < -0.39 is 17.0 Å². The minimum absolute atomic E-state index is 0.0235. The number of amidine groups is 1. The van der Waals surface area contributed by atoms with E-state index in [1.807, 2.05) is 13.0 Å². The molecule has 0 bridgehead atoms. The molecule has 5 heterocycles. The highest BCUT2D eigenvalue weighted by molar-refractivity contribution is 8.15. The second kappa shape index (κ2) is 8.83. The first-order valence-electron chi connectivity index (χ1n) is 11.5. The summed E-state index contributed by atoms with van der Waals surface area (Å²) in [5, 5.41) is 3.64. The quantitative estimate of drug-likeness (QED) is 0.349. The van der Waals surface area contributed by atoms with Gasteiger partial charge in [0.2, 0.25) is 17.7 Å². The van der Waals surface area contributed by atoms with Gasteiger partial charge in [0.1, 0.15) is 18.5 Å². The molecule has 4 aromatic heterocycles. The largest absolute Gasteiger partial charge is 0.481 e. The molecule has 0 saturated heterocycles. The third kappa shape index (κ3) is 4.08. The van der Waals surface area contributed by atoms with Crippen LogP contribution in [0.4, 0.5) is 15.9 Å². The number of thioether (sulfide) groups is 1. The lowest BCUT2D eigenvalue weighted by molar-refractivity contribution is 0.253. The van der Waals surface area contributed by atoms with E-state index in [0.717, 1.165) is 5.56 Å². The number of halogens is 1. The number of ether oxygens (including phenoxy) is 2. The van der Waals surface area contributed by atoms with Crippen LogP contribution in [0, 0.1) is 5.92 Å². The van der Waals surface area contributed by atoms with Crippen molar-refractivity contribution in [2.24, 2.45) is 16.6 Å². The fourth-order valence-electron chi connectivity index (χ4n) is 4.80. The van der Waals surface area contributed by atoms with Crippen molar-refractivity contribution in [2.45, 2.75) is 30.2 Å². The molecule has 1 aliphatic carbocycles. The number of aromatic nitrogens is 5. The van der Waals surface area contributed by atoms with Gasteiger partial charge in [-0.15, -0.1) is 0 Å². The summed E-state index contributed by atoms with van der Waals surface area (Å²) < 4.78 is 29.8. The van der Waals surface area contributed by atoms with E-state index in [1.54, 1.807) is 31.8 Å². The molecular weight excluding hydrogens is 499 g/mol. The lowest BCUT2D eigenvalue weighted by atomic mass is 9.86. The molecule has 0 unspecified atom stereocenters. The van der Waals surface area contributed by atoms with Gasteiger partial charge in [0.05, 0.1) is 47.2 Å². The molecule has 0 radical (unpaired) electrons. The highest BCUT2D eigenvalue weighted by atomic mass is 32.2. The zero-order chi connectivity index (χ0) is 25.6. The number of pyridine rings is 2. The predicted octanol–water partition coefficient (Wildman–Crippen LogP) is 3.74. The Morgan fingerprint density at radius 1 is 1.24 bits per heavy atom. The van der Waals surface area contributed by atoms with Gasteiger partial charge in [-0.1, -0.05) is 11.8 Å². The first-order chi connectivity index (χ1) is 17.9. The maximum Gasteiger partial charge on any atom is 0.233 e. The van der Waals surface area contributed by atoms with Crippen LogP contribution in [0.5, 0.6) is 11.8 Å². The lowest BCUT2D eigenvalue weighted by Gasteiger charge is -2.33. The molecule has 1 saturated carbocycles. The molecule has 2 aliphatic rings. The summed E-state index contributed by atoms with van der Waals surface area (Å²) in [7, 11) is 1.55. The Balaban J connectivity index is 1.30. The van der Waals surface area contributed by atoms with Crippen LogP contribution in [-0.2, 0) is 12.1 Å². The van der Waals surface area contributed by atoms with Crippen molar-refractivity contribution >= 4 is 39.5 Å². The number of oxazole rings is 1. The van der Waals surface area contributed by atoms with Crippen molar-refractivity contribution in [3.63, 3.8) is 0 Å². The third-order valence-electron chi connectivity index (χ3n) is 6.70.